The van der Waals surface area contributed by atoms with Gasteiger partial charge >= 0.3 is 11.7 Å². The predicted molar refractivity (Wildman–Crippen MR) is 111 cm³/mol. The number of ether oxygens (including phenoxy) is 2. The molecule has 2 heterocycles. The number of benzene rings is 1. The lowest BCUT2D eigenvalue weighted by atomic mass is 10.2. The molecule has 0 fully saturated rings. The largest absolute Gasteiger partial charge is 0.460 e. The molecule has 158 valence electrons. The Morgan fingerprint density at radius 2 is 1.90 bits per heavy atom. The van der Waals surface area contributed by atoms with Crippen molar-refractivity contribution in [1.29, 1.82) is 0 Å². The summed E-state index contributed by atoms with van der Waals surface area (Å²) in [5.41, 5.74) is 0.792. The molecule has 0 saturated carbocycles. The molecule has 0 amide bonds. The number of methoxy groups -OCH3 is 1. The molecule has 0 bridgehead atoms. The van der Waals surface area contributed by atoms with E-state index >= 15 is 0 Å². The van der Waals surface area contributed by atoms with Gasteiger partial charge in [-0.05, 0) is 18.1 Å². The van der Waals surface area contributed by atoms with Gasteiger partial charge in [0.15, 0.2) is 11.2 Å². The standard InChI is InChI=1S/C21H24N4O5/c1-15(2)13-30-17(26)12-25-20(27)18-19(22-14-23(18)9-10-29-3)24(21(25)28)11-16-7-5-4-6-8-16/h4-8,14H,1,9-13H2,2-3H3. The zero-order valence-electron chi connectivity index (χ0n) is 17.0. The number of fused-ring (bicyclic) bond motifs is 1. The zero-order valence-corrected chi connectivity index (χ0v) is 17.0. The van der Waals surface area contributed by atoms with Crippen LogP contribution in [0.1, 0.15) is 12.5 Å². The highest BCUT2D eigenvalue weighted by molar-refractivity contribution is 5.72. The van der Waals surface area contributed by atoms with E-state index in [-0.39, 0.29) is 24.3 Å². The Kier molecular flexibility index (Phi) is 6.63. The summed E-state index contributed by atoms with van der Waals surface area (Å²) in [5, 5.41) is 0. The molecule has 0 aliphatic heterocycles. The third-order valence-electron chi connectivity index (χ3n) is 4.47. The molecule has 3 rings (SSSR count). The molecule has 9 nitrogen and oxygen atoms in total. The van der Waals surface area contributed by atoms with Crippen LogP contribution >= 0.6 is 0 Å². The van der Waals surface area contributed by atoms with Crippen LogP contribution in [0.3, 0.4) is 0 Å². The van der Waals surface area contributed by atoms with Crippen LogP contribution in [-0.4, -0.2) is 45.0 Å². The summed E-state index contributed by atoms with van der Waals surface area (Å²) in [4.78, 5) is 42.7. The van der Waals surface area contributed by atoms with Crippen LogP contribution in [0.15, 0.2) is 58.4 Å². The van der Waals surface area contributed by atoms with E-state index in [1.807, 2.05) is 30.3 Å². The molecule has 2 aromatic heterocycles. The summed E-state index contributed by atoms with van der Waals surface area (Å²) >= 11 is 0. The first kappa shape index (κ1) is 21.3. The van der Waals surface area contributed by atoms with Crippen molar-refractivity contribution in [2.75, 3.05) is 20.3 Å². The normalized spacial score (nSPS) is 11.0. The second-order valence-corrected chi connectivity index (χ2v) is 6.97. The lowest BCUT2D eigenvalue weighted by molar-refractivity contribution is -0.143. The van der Waals surface area contributed by atoms with Crippen molar-refractivity contribution in [2.24, 2.45) is 0 Å². The Morgan fingerprint density at radius 1 is 1.17 bits per heavy atom. The van der Waals surface area contributed by atoms with Gasteiger partial charge in [0.2, 0.25) is 0 Å². The van der Waals surface area contributed by atoms with Crippen LogP contribution in [-0.2, 0) is 33.9 Å². The van der Waals surface area contributed by atoms with Crippen LogP contribution in [0, 0.1) is 0 Å². The van der Waals surface area contributed by atoms with Crippen molar-refractivity contribution in [3.63, 3.8) is 0 Å². The van der Waals surface area contributed by atoms with Gasteiger partial charge in [-0.25, -0.2) is 14.3 Å². The Hall–Kier alpha value is -3.46. The van der Waals surface area contributed by atoms with Gasteiger partial charge < -0.3 is 14.0 Å². The Bertz CT molecular complexity index is 1170. The Morgan fingerprint density at radius 3 is 2.57 bits per heavy atom. The number of hydrogen-bond acceptors (Lipinski definition) is 6. The number of rotatable bonds is 9. The van der Waals surface area contributed by atoms with Crippen molar-refractivity contribution >= 4 is 17.1 Å². The molecule has 0 saturated heterocycles. The SMILES string of the molecule is C=C(C)COC(=O)Cn1c(=O)c2c(ncn2CCOC)n(Cc2ccccc2)c1=O. The van der Waals surface area contributed by atoms with Crippen LogP contribution in [0.4, 0.5) is 0 Å². The fourth-order valence-electron chi connectivity index (χ4n) is 3.02. The van der Waals surface area contributed by atoms with Gasteiger partial charge in [-0.1, -0.05) is 36.9 Å². The second kappa shape index (κ2) is 9.36. The number of carbonyl (C=O) groups excluding carboxylic acids is 1. The van der Waals surface area contributed by atoms with E-state index in [4.69, 9.17) is 9.47 Å². The van der Waals surface area contributed by atoms with Crippen molar-refractivity contribution in [1.82, 2.24) is 18.7 Å². The van der Waals surface area contributed by atoms with Crippen LogP contribution in [0.2, 0.25) is 0 Å². The average Bonchev–Trinajstić information content (AvgIpc) is 3.16. The molecule has 0 unspecified atom stereocenters. The van der Waals surface area contributed by atoms with E-state index in [1.54, 1.807) is 18.6 Å². The number of hydrogen-bond donors (Lipinski definition) is 0. The number of imidazole rings is 1. The maximum atomic E-state index is 13.1. The van der Waals surface area contributed by atoms with Gasteiger partial charge in [0.1, 0.15) is 13.2 Å². The molecular formula is C21H24N4O5. The van der Waals surface area contributed by atoms with E-state index in [9.17, 15) is 14.4 Å². The smallest absolute Gasteiger partial charge is 0.333 e. The van der Waals surface area contributed by atoms with Gasteiger partial charge in [0.25, 0.3) is 5.56 Å². The van der Waals surface area contributed by atoms with Crippen molar-refractivity contribution in [3.05, 3.63) is 75.2 Å². The van der Waals surface area contributed by atoms with Crippen LogP contribution in [0.25, 0.3) is 11.2 Å². The number of aromatic nitrogens is 4. The van der Waals surface area contributed by atoms with Crippen molar-refractivity contribution in [3.8, 4) is 0 Å². The van der Waals surface area contributed by atoms with Gasteiger partial charge in [-0.15, -0.1) is 0 Å². The number of carbonyl (C=O) groups is 1. The Balaban J connectivity index is 2.12. The van der Waals surface area contributed by atoms with Gasteiger partial charge in [-0.2, -0.15) is 0 Å². The lowest BCUT2D eigenvalue weighted by Crippen LogP contribution is -2.42. The molecule has 0 spiro atoms. The quantitative estimate of drug-likeness (QED) is 0.387. The van der Waals surface area contributed by atoms with Gasteiger partial charge in [-0.3, -0.25) is 14.2 Å². The molecule has 0 N–H and O–H groups in total. The van der Waals surface area contributed by atoms with E-state index in [1.165, 1.54) is 10.9 Å². The summed E-state index contributed by atoms with van der Waals surface area (Å²) < 4.78 is 14.1. The third-order valence-corrected chi connectivity index (χ3v) is 4.47. The van der Waals surface area contributed by atoms with E-state index < -0.39 is 23.8 Å². The molecule has 0 radical (unpaired) electrons. The molecule has 3 aromatic rings. The van der Waals surface area contributed by atoms with Crippen molar-refractivity contribution < 1.29 is 14.3 Å². The molecule has 0 atom stereocenters. The lowest BCUT2D eigenvalue weighted by Gasteiger charge is -2.13. The molecule has 0 aliphatic carbocycles. The third kappa shape index (κ3) is 4.57. The molecule has 1 aromatic carbocycles. The minimum Gasteiger partial charge on any atom is -0.460 e. The fourth-order valence-corrected chi connectivity index (χ4v) is 3.02. The number of nitrogens with zero attached hydrogens (tertiary/aromatic N) is 4. The molecular weight excluding hydrogens is 388 g/mol. The first-order chi connectivity index (χ1) is 14.4. The summed E-state index contributed by atoms with van der Waals surface area (Å²) in [5.74, 6) is -0.689. The monoisotopic (exact) mass is 412 g/mol. The maximum Gasteiger partial charge on any atom is 0.333 e. The first-order valence-corrected chi connectivity index (χ1v) is 9.43. The number of esters is 1. The molecule has 0 aliphatic rings. The minimum atomic E-state index is -0.689. The summed E-state index contributed by atoms with van der Waals surface area (Å²) in [7, 11) is 1.56. The summed E-state index contributed by atoms with van der Waals surface area (Å²) in [6.07, 6.45) is 1.50. The highest BCUT2D eigenvalue weighted by atomic mass is 16.5. The maximum absolute atomic E-state index is 13.1. The molecule has 30 heavy (non-hydrogen) atoms. The van der Waals surface area contributed by atoms with Gasteiger partial charge in [0, 0.05) is 13.7 Å². The summed E-state index contributed by atoms with van der Waals surface area (Å²) in [6, 6.07) is 9.34. The average molecular weight is 412 g/mol. The van der Waals surface area contributed by atoms with E-state index in [0.717, 1.165) is 10.1 Å². The zero-order chi connectivity index (χ0) is 21.7. The highest BCUT2D eigenvalue weighted by Crippen LogP contribution is 2.10. The first-order valence-electron chi connectivity index (χ1n) is 9.43. The van der Waals surface area contributed by atoms with Crippen molar-refractivity contribution in [2.45, 2.75) is 26.6 Å². The van der Waals surface area contributed by atoms with Crippen LogP contribution in [0.5, 0.6) is 0 Å². The van der Waals surface area contributed by atoms with E-state index in [0.29, 0.717) is 18.7 Å². The van der Waals surface area contributed by atoms with E-state index in [2.05, 4.69) is 11.6 Å². The van der Waals surface area contributed by atoms with Gasteiger partial charge in [0.05, 0.1) is 19.5 Å². The predicted octanol–water partition coefficient (Wildman–Crippen LogP) is 1.17. The summed E-state index contributed by atoms with van der Waals surface area (Å²) in [6.45, 7) is 5.87. The Labute approximate surface area is 172 Å². The van der Waals surface area contributed by atoms with Crippen LogP contribution < -0.4 is 11.2 Å². The molecule has 9 heteroatoms. The topological polar surface area (TPSA) is 97.3 Å². The fraction of sp³-hybridized carbons (Fsp3) is 0.333. The minimum absolute atomic E-state index is 0.0276. The second-order valence-electron chi connectivity index (χ2n) is 6.97. The highest BCUT2D eigenvalue weighted by Gasteiger charge is 2.20.